The van der Waals surface area contributed by atoms with E-state index in [0.29, 0.717) is 12.0 Å². The van der Waals surface area contributed by atoms with Gasteiger partial charge in [0.05, 0.1) is 5.69 Å². The summed E-state index contributed by atoms with van der Waals surface area (Å²) < 4.78 is 0. The maximum atomic E-state index is 6.35. The first kappa shape index (κ1) is 13.4. The predicted molar refractivity (Wildman–Crippen MR) is 82.0 cm³/mol. The number of aromatic nitrogens is 1. The SMILES string of the molecule is CC1CCCCN1c1nc(C2CC2)c(C(C)(C)N)s1. The first-order chi connectivity index (χ1) is 8.97. The van der Waals surface area contributed by atoms with E-state index in [1.165, 1.54) is 47.8 Å². The molecular weight excluding hydrogens is 254 g/mol. The molecule has 106 valence electrons. The molecule has 2 heterocycles. The summed E-state index contributed by atoms with van der Waals surface area (Å²) in [6, 6.07) is 0.626. The number of nitrogens with zero attached hydrogens (tertiary/aromatic N) is 2. The predicted octanol–water partition coefficient (Wildman–Crippen LogP) is 3.59. The topological polar surface area (TPSA) is 42.2 Å². The molecule has 0 bridgehead atoms. The average molecular weight is 279 g/mol. The number of thiazole rings is 1. The molecule has 3 nitrogen and oxygen atoms in total. The molecule has 3 rings (SSSR count). The largest absolute Gasteiger partial charge is 0.345 e. The first-order valence-corrected chi connectivity index (χ1v) is 8.35. The van der Waals surface area contributed by atoms with Gasteiger partial charge in [0.15, 0.2) is 5.13 Å². The molecule has 1 saturated carbocycles. The molecule has 2 N–H and O–H groups in total. The molecule has 0 amide bonds. The van der Waals surface area contributed by atoms with E-state index in [1.807, 2.05) is 11.3 Å². The molecule has 1 unspecified atom stereocenters. The summed E-state index contributed by atoms with van der Waals surface area (Å²) in [7, 11) is 0. The van der Waals surface area contributed by atoms with Gasteiger partial charge in [0.1, 0.15) is 0 Å². The van der Waals surface area contributed by atoms with Crippen LogP contribution in [0.1, 0.15) is 69.4 Å². The first-order valence-electron chi connectivity index (χ1n) is 7.53. The highest BCUT2D eigenvalue weighted by Crippen LogP contribution is 2.47. The van der Waals surface area contributed by atoms with Crippen LogP contribution in [0.3, 0.4) is 0 Å². The van der Waals surface area contributed by atoms with Crippen LogP contribution in [-0.2, 0) is 5.54 Å². The van der Waals surface area contributed by atoms with Crippen LogP contribution in [0.15, 0.2) is 0 Å². The molecule has 1 aliphatic carbocycles. The standard InChI is InChI=1S/C15H25N3S/c1-10-6-4-5-9-18(10)14-17-12(11-7-8-11)13(19-14)15(2,3)16/h10-11H,4-9,16H2,1-3H3. The molecule has 19 heavy (non-hydrogen) atoms. The van der Waals surface area contributed by atoms with Crippen molar-refractivity contribution in [3.8, 4) is 0 Å². The number of rotatable bonds is 3. The van der Waals surface area contributed by atoms with Crippen LogP contribution >= 0.6 is 11.3 Å². The molecular formula is C15H25N3S. The van der Waals surface area contributed by atoms with Gasteiger partial charge in [0.25, 0.3) is 0 Å². The van der Waals surface area contributed by atoms with Crippen molar-refractivity contribution in [3.63, 3.8) is 0 Å². The Labute approximate surface area is 120 Å². The van der Waals surface area contributed by atoms with Crippen LogP contribution in [-0.4, -0.2) is 17.6 Å². The van der Waals surface area contributed by atoms with Gasteiger partial charge < -0.3 is 10.6 Å². The van der Waals surface area contributed by atoms with Crippen molar-refractivity contribution in [1.29, 1.82) is 0 Å². The second-order valence-corrected chi connectivity index (χ2v) is 7.72. The highest BCUT2D eigenvalue weighted by atomic mass is 32.1. The lowest BCUT2D eigenvalue weighted by molar-refractivity contribution is 0.484. The van der Waals surface area contributed by atoms with Gasteiger partial charge in [0, 0.05) is 28.9 Å². The van der Waals surface area contributed by atoms with Crippen molar-refractivity contribution in [1.82, 2.24) is 4.98 Å². The van der Waals surface area contributed by atoms with E-state index in [9.17, 15) is 0 Å². The zero-order valence-corrected chi connectivity index (χ0v) is 13.1. The zero-order chi connectivity index (χ0) is 13.6. The Bertz CT molecular complexity index is 456. The minimum Gasteiger partial charge on any atom is -0.345 e. The Morgan fingerprint density at radius 2 is 2.00 bits per heavy atom. The second kappa shape index (κ2) is 4.74. The number of piperidine rings is 1. The summed E-state index contributed by atoms with van der Waals surface area (Å²) in [5.41, 5.74) is 7.39. The zero-order valence-electron chi connectivity index (χ0n) is 12.3. The molecule has 1 saturated heterocycles. The fourth-order valence-corrected chi connectivity index (χ4v) is 4.22. The van der Waals surface area contributed by atoms with Crippen molar-refractivity contribution < 1.29 is 0 Å². The highest BCUT2D eigenvalue weighted by molar-refractivity contribution is 7.15. The Morgan fingerprint density at radius 1 is 1.26 bits per heavy atom. The normalized spacial score (nSPS) is 24.8. The van der Waals surface area contributed by atoms with Gasteiger partial charge in [-0.05, 0) is 52.9 Å². The number of nitrogens with two attached hydrogens (primary N) is 1. The third-order valence-electron chi connectivity index (χ3n) is 4.24. The number of anilines is 1. The van der Waals surface area contributed by atoms with Crippen molar-refractivity contribution in [3.05, 3.63) is 10.6 Å². The molecule has 2 fully saturated rings. The average Bonchev–Trinajstić information content (AvgIpc) is 3.08. The van der Waals surface area contributed by atoms with Crippen LogP contribution in [0.25, 0.3) is 0 Å². The molecule has 0 spiro atoms. The van der Waals surface area contributed by atoms with Crippen molar-refractivity contribution in [2.24, 2.45) is 5.73 Å². The Kier molecular flexibility index (Phi) is 3.34. The smallest absolute Gasteiger partial charge is 0.186 e. The minimum absolute atomic E-state index is 0.257. The molecule has 4 heteroatoms. The summed E-state index contributed by atoms with van der Waals surface area (Å²) in [6.07, 6.45) is 6.53. The van der Waals surface area contributed by atoms with Crippen LogP contribution in [0.4, 0.5) is 5.13 Å². The van der Waals surface area contributed by atoms with E-state index >= 15 is 0 Å². The quantitative estimate of drug-likeness (QED) is 0.919. The molecule has 1 aliphatic heterocycles. The Morgan fingerprint density at radius 3 is 2.58 bits per heavy atom. The molecule has 1 aromatic rings. The van der Waals surface area contributed by atoms with Crippen LogP contribution in [0, 0.1) is 0 Å². The van der Waals surface area contributed by atoms with Gasteiger partial charge in [-0.2, -0.15) is 0 Å². The van der Waals surface area contributed by atoms with E-state index < -0.39 is 0 Å². The van der Waals surface area contributed by atoms with Crippen molar-refractivity contribution in [2.45, 2.75) is 70.4 Å². The number of hydrogen-bond acceptors (Lipinski definition) is 4. The molecule has 0 radical (unpaired) electrons. The number of hydrogen-bond donors (Lipinski definition) is 1. The van der Waals surface area contributed by atoms with E-state index in [1.54, 1.807) is 0 Å². The fourth-order valence-electron chi connectivity index (χ4n) is 2.92. The third kappa shape index (κ3) is 2.65. The van der Waals surface area contributed by atoms with E-state index in [2.05, 4.69) is 25.7 Å². The maximum absolute atomic E-state index is 6.35. The van der Waals surface area contributed by atoms with E-state index in [0.717, 1.165) is 6.54 Å². The van der Waals surface area contributed by atoms with Gasteiger partial charge in [0.2, 0.25) is 0 Å². The molecule has 0 aromatic carbocycles. The maximum Gasteiger partial charge on any atom is 0.186 e. The lowest BCUT2D eigenvalue weighted by Crippen LogP contribution is -2.37. The highest BCUT2D eigenvalue weighted by Gasteiger charge is 2.35. The van der Waals surface area contributed by atoms with Crippen molar-refractivity contribution in [2.75, 3.05) is 11.4 Å². The van der Waals surface area contributed by atoms with E-state index in [-0.39, 0.29) is 5.54 Å². The van der Waals surface area contributed by atoms with Crippen LogP contribution in [0.5, 0.6) is 0 Å². The third-order valence-corrected chi connectivity index (χ3v) is 5.69. The minimum atomic E-state index is -0.257. The lowest BCUT2D eigenvalue weighted by Gasteiger charge is -2.33. The lowest BCUT2D eigenvalue weighted by atomic mass is 10.0. The summed E-state index contributed by atoms with van der Waals surface area (Å²) in [5.74, 6) is 0.683. The molecule has 1 aromatic heterocycles. The summed E-state index contributed by atoms with van der Waals surface area (Å²) >= 11 is 1.83. The van der Waals surface area contributed by atoms with E-state index in [4.69, 9.17) is 10.7 Å². The molecule has 2 aliphatic rings. The van der Waals surface area contributed by atoms with Crippen molar-refractivity contribution >= 4 is 16.5 Å². The molecule has 1 atom stereocenters. The van der Waals surface area contributed by atoms with Gasteiger partial charge >= 0.3 is 0 Å². The van der Waals surface area contributed by atoms with Crippen LogP contribution in [0.2, 0.25) is 0 Å². The fraction of sp³-hybridized carbons (Fsp3) is 0.800. The summed E-state index contributed by atoms with van der Waals surface area (Å²) in [5, 5.41) is 1.21. The van der Waals surface area contributed by atoms with Crippen LogP contribution < -0.4 is 10.6 Å². The van der Waals surface area contributed by atoms with Gasteiger partial charge in [-0.1, -0.05) is 11.3 Å². The summed E-state index contributed by atoms with van der Waals surface area (Å²) in [6.45, 7) is 7.69. The van der Waals surface area contributed by atoms with Gasteiger partial charge in [-0.25, -0.2) is 4.98 Å². The summed E-state index contributed by atoms with van der Waals surface area (Å²) in [4.78, 5) is 8.78. The second-order valence-electron chi connectivity index (χ2n) is 6.74. The monoisotopic (exact) mass is 279 g/mol. The Balaban J connectivity index is 1.94. The van der Waals surface area contributed by atoms with Gasteiger partial charge in [-0.15, -0.1) is 0 Å². The van der Waals surface area contributed by atoms with Gasteiger partial charge in [-0.3, -0.25) is 0 Å². The Hall–Kier alpha value is -0.610.